The van der Waals surface area contributed by atoms with Gasteiger partial charge in [0.05, 0.1) is 6.04 Å². The number of hydrazine groups is 1. The van der Waals surface area contributed by atoms with Crippen molar-refractivity contribution < 1.29 is 0 Å². The molecule has 18 heavy (non-hydrogen) atoms. The number of piperazine rings is 1. The van der Waals surface area contributed by atoms with Crippen molar-refractivity contribution in [3.05, 3.63) is 34.9 Å². The van der Waals surface area contributed by atoms with Crippen molar-refractivity contribution in [2.75, 3.05) is 39.8 Å². The van der Waals surface area contributed by atoms with Crippen LogP contribution in [0.1, 0.15) is 11.6 Å². The van der Waals surface area contributed by atoms with E-state index in [1.54, 1.807) is 0 Å². The number of likely N-dealkylation sites (N-methyl/N-ethyl adjacent to an activating group) is 1. The first kappa shape index (κ1) is 13.8. The zero-order valence-corrected chi connectivity index (χ0v) is 11.5. The highest BCUT2D eigenvalue weighted by Gasteiger charge is 2.18. The van der Waals surface area contributed by atoms with Crippen LogP contribution in [0.15, 0.2) is 24.3 Å². The maximum absolute atomic E-state index is 6.02. The number of nitrogens with two attached hydrogens (primary N) is 1. The molecule has 0 aliphatic carbocycles. The SMILES string of the molecule is CN1CCN(NC(CN)c2cccc(Cl)c2)CC1. The van der Waals surface area contributed by atoms with Gasteiger partial charge in [-0.2, -0.15) is 0 Å². The molecular weight excluding hydrogens is 248 g/mol. The minimum absolute atomic E-state index is 0.132. The van der Waals surface area contributed by atoms with Crippen molar-refractivity contribution in [1.29, 1.82) is 0 Å². The van der Waals surface area contributed by atoms with Crippen LogP contribution < -0.4 is 11.2 Å². The molecule has 1 unspecified atom stereocenters. The van der Waals surface area contributed by atoms with Gasteiger partial charge in [0.1, 0.15) is 0 Å². The predicted molar refractivity (Wildman–Crippen MR) is 75.5 cm³/mol. The summed E-state index contributed by atoms with van der Waals surface area (Å²) in [7, 11) is 2.15. The highest BCUT2D eigenvalue weighted by Crippen LogP contribution is 2.17. The van der Waals surface area contributed by atoms with Gasteiger partial charge in [0.25, 0.3) is 0 Å². The second kappa shape index (κ2) is 6.50. The predicted octanol–water partition coefficient (Wildman–Crippen LogP) is 1.09. The van der Waals surface area contributed by atoms with Gasteiger partial charge in [0, 0.05) is 37.7 Å². The Bertz CT molecular complexity index is 377. The van der Waals surface area contributed by atoms with E-state index in [0.717, 1.165) is 36.8 Å². The third kappa shape index (κ3) is 3.67. The van der Waals surface area contributed by atoms with E-state index in [0.29, 0.717) is 6.54 Å². The normalized spacial score (nSPS) is 19.9. The van der Waals surface area contributed by atoms with Gasteiger partial charge in [0.15, 0.2) is 0 Å². The minimum atomic E-state index is 0.132. The number of halogens is 1. The number of nitrogens with one attached hydrogen (secondary N) is 1. The zero-order valence-electron chi connectivity index (χ0n) is 10.8. The smallest absolute Gasteiger partial charge is 0.0587 e. The molecule has 1 aromatic rings. The van der Waals surface area contributed by atoms with Crippen molar-refractivity contribution in [3.63, 3.8) is 0 Å². The molecule has 0 amide bonds. The lowest BCUT2D eigenvalue weighted by Gasteiger charge is -2.35. The molecule has 1 fully saturated rings. The van der Waals surface area contributed by atoms with Gasteiger partial charge in [-0.15, -0.1) is 0 Å². The molecule has 1 atom stereocenters. The maximum atomic E-state index is 6.02. The van der Waals surface area contributed by atoms with Crippen molar-refractivity contribution in [2.45, 2.75) is 6.04 Å². The summed E-state index contributed by atoms with van der Waals surface area (Å²) in [6, 6.07) is 8.02. The third-order valence-electron chi connectivity index (χ3n) is 3.33. The number of hydrogen-bond donors (Lipinski definition) is 2. The van der Waals surface area contributed by atoms with E-state index in [1.807, 2.05) is 18.2 Å². The van der Waals surface area contributed by atoms with Crippen LogP contribution in [0.3, 0.4) is 0 Å². The zero-order chi connectivity index (χ0) is 13.0. The lowest BCUT2D eigenvalue weighted by atomic mass is 10.1. The van der Waals surface area contributed by atoms with E-state index < -0.39 is 0 Å². The molecule has 3 N–H and O–H groups in total. The van der Waals surface area contributed by atoms with Gasteiger partial charge < -0.3 is 10.6 Å². The fourth-order valence-corrected chi connectivity index (χ4v) is 2.34. The van der Waals surface area contributed by atoms with E-state index in [9.17, 15) is 0 Å². The molecule has 5 heteroatoms. The summed E-state index contributed by atoms with van der Waals surface area (Å²) in [6.07, 6.45) is 0. The summed E-state index contributed by atoms with van der Waals surface area (Å²) in [5, 5.41) is 3.00. The van der Waals surface area contributed by atoms with Crippen molar-refractivity contribution >= 4 is 11.6 Å². The fourth-order valence-electron chi connectivity index (χ4n) is 2.14. The number of nitrogens with zero attached hydrogens (tertiary/aromatic N) is 2. The third-order valence-corrected chi connectivity index (χ3v) is 3.56. The highest BCUT2D eigenvalue weighted by atomic mass is 35.5. The van der Waals surface area contributed by atoms with Gasteiger partial charge in [0.2, 0.25) is 0 Å². The Morgan fingerprint density at radius 2 is 2.06 bits per heavy atom. The van der Waals surface area contributed by atoms with Gasteiger partial charge in [-0.05, 0) is 24.7 Å². The number of benzene rings is 1. The molecule has 100 valence electrons. The Kier molecular flexibility index (Phi) is 4.97. The van der Waals surface area contributed by atoms with E-state index >= 15 is 0 Å². The van der Waals surface area contributed by atoms with Gasteiger partial charge in [-0.3, -0.25) is 0 Å². The van der Waals surface area contributed by atoms with Gasteiger partial charge in [-0.25, -0.2) is 10.4 Å². The first-order valence-corrected chi connectivity index (χ1v) is 6.72. The maximum Gasteiger partial charge on any atom is 0.0587 e. The van der Waals surface area contributed by atoms with Crippen molar-refractivity contribution in [2.24, 2.45) is 5.73 Å². The minimum Gasteiger partial charge on any atom is -0.329 e. The van der Waals surface area contributed by atoms with E-state index in [1.165, 1.54) is 0 Å². The first-order valence-electron chi connectivity index (χ1n) is 6.34. The van der Waals surface area contributed by atoms with Crippen LogP contribution in [0.5, 0.6) is 0 Å². The molecule has 1 aliphatic rings. The Labute approximate surface area is 114 Å². The molecular formula is C13H21ClN4. The van der Waals surface area contributed by atoms with Crippen LogP contribution in [-0.4, -0.2) is 49.7 Å². The Hall–Kier alpha value is -0.650. The molecule has 2 rings (SSSR count). The number of hydrogen-bond acceptors (Lipinski definition) is 4. The van der Waals surface area contributed by atoms with Crippen LogP contribution in [0, 0.1) is 0 Å². The summed E-state index contributed by atoms with van der Waals surface area (Å²) in [5.74, 6) is 0. The molecule has 0 saturated carbocycles. The van der Waals surface area contributed by atoms with Crippen LogP contribution in [0.2, 0.25) is 5.02 Å². The molecule has 4 nitrogen and oxygen atoms in total. The van der Waals surface area contributed by atoms with Crippen LogP contribution >= 0.6 is 11.6 Å². The fraction of sp³-hybridized carbons (Fsp3) is 0.538. The van der Waals surface area contributed by atoms with Crippen molar-refractivity contribution in [1.82, 2.24) is 15.3 Å². The summed E-state index contributed by atoms with van der Waals surface area (Å²) in [4.78, 5) is 2.33. The summed E-state index contributed by atoms with van der Waals surface area (Å²) < 4.78 is 0. The average molecular weight is 269 g/mol. The largest absolute Gasteiger partial charge is 0.329 e. The summed E-state index contributed by atoms with van der Waals surface area (Å²) in [5.41, 5.74) is 10.5. The van der Waals surface area contributed by atoms with Crippen molar-refractivity contribution in [3.8, 4) is 0 Å². The van der Waals surface area contributed by atoms with Crippen LogP contribution in [0.25, 0.3) is 0 Å². The molecule has 1 saturated heterocycles. The lowest BCUT2D eigenvalue weighted by Crippen LogP contribution is -2.52. The van der Waals surface area contributed by atoms with Gasteiger partial charge >= 0.3 is 0 Å². The standard InChI is InChI=1S/C13H21ClN4/c1-17-5-7-18(8-6-17)16-13(10-15)11-3-2-4-12(14)9-11/h2-4,9,13,16H,5-8,10,15H2,1H3. The van der Waals surface area contributed by atoms with Gasteiger partial charge in [-0.1, -0.05) is 23.7 Å². The summed E-state index contributed by atoms with van der Waals surface area (Å²) in [6.45, 7) is 4.77. The quantitative estimate of drug-likeness (QED) is 0.858. The lowest BCUT2D eigenvalue weighted by molar-refractivity contribution is 0.0880. The summed E-state index contributed by atoms with van der Waals surface area (Å²) >= 11 is 6.02. The molecule has 1 heterocycles. The van der Waals surface area contributed by atoms with E-state index in [2.05, 4.69) is 28.4 Å². The van der Waals surface area contributed by atoms with Crippen LogP contribution in [0.4, 0.5) is 0 Å². The Morgan fingerprint density at radius 1 is 1.33 bits per heavy atom. The number of rotatable bonds is 4. The molecule has 1 aliphatic heterocycles. The first-order chi connectivity index (χ1) is 8.69. The Balaban J connectivity index is 1.97. The Morgan fingerprint density at radius 3 is 2.67 bits per heavy atom. The molecule has 0 aromatic heterocycles. The molecule has 1 aromatic carbocycles. The second-order valence-electron chi connectivity index (χ2n) is 4.76. The molecule has 0 bridgehead atoms. The van der Waals surface area contributed by atoms with Crippen LogP contribution in [-0.2, 0) is 0 Å². The highest BCUT2D eigenvalue weighted by molar-refractivity contribution is 6.30. The topological polar surface area (TPSA) is 44.5 Å². The molecule has 0 spiro atoms. The van der Waals surface area contributed by atoms with E-state index in [4.69, 9.17) is 17.3 Å². The second-order valence-corrected chi connectivity index (χ2v) is 5.20. The monoisotopic (exact) mass is 268 g/mol. The average Bonchev–Trinajstić information content (AvgIpc) is 2.38. The molecule has 0 radical (unpaired) electrons. The van der Waals surface area contributed by atoms with E-state index in [-0.39, 0.29) is 6.04 Å².